The van der Waals surface area contributed by atoms with Crippen LogP contribution in [0.25, 0.3) is 0 Å². The number of nitrogens with one attached hydrogen (secondary N) is 2. The minimum absolute atomic E-state index is 0.166. The first-order valence-electron chi connectivity index (χ1n) is 6.94. The average molecular weight is 348 g/mol. The van der Waals surface area contributed by atoms with Gasteiger partial charge in [0.1, 0.15) is 5.82 Å². The molecule has 5 heteroatoms. The van der Waals surface area contributed by atoms with Crippen LogP contribution >= 0.6 is 15.9 Å². The van der Waals surface area contributed by atoms with Gasteiger partial charge in [-0.05, 0) is 47.0 Å². The lowest BCUT2D eigenvalue weighted by molar-refractivity contribution is 0.102. The highest BCUT2D eigenvalue weighted by molar-refractivity contribution is 9.10. The zero-order valence-corrected chi connectivity index (χ0v) is 13.7. The lowest BCUT2D eigenvalue weighted by Gasteiger charge is -2.12. The molecule has 0 spiro atoms. The van der Waals surface area contributed by atoms with Crippen LogP contribution in [-0.2, 0) is 6.42 Å². The van der Waals surface area contributed by atoms with E-state index in [0.29, 0.717) is 17.9 Å². The number of carbonyl (C=O) groups excluding carboxylic acids is 1. The Kier molecular flexibility index (Phi) is 5.33. The number of benzene rings is 1. The van der Waals surface area contributed by atoms with Crippen molar-refractivity contribution in [2.24, 2.45) is 0 Å². The van der Waals surface area contributed by atoms with Crippen molar-refractivity contribution in [1.82, 2.24) is 4.98 Å². The van der Waals surface area contributed by atoms with Gasteiger partial charge in [0.25, 0.3) is 5.91 Å². The van der Waals surface area contributed by atoms with E-state index in [4.69, 9.17) is 0 Å². The summed E-state index contributed by atoms with van der Waals surface area (Å²) in [7, 11) is 0. The highest BCUT2D eigenvalue weighted by Crippen LogP contribution is 2.21. The van der Waals surface area contributed by atoms with Gasteiger partial charge in [0.05, 0.1) is 5.56 Å². The molecule has 1 aromatic heterocycles. The van der Waals surface area contributed by atoms with Gasteiger partial charge < -0.3 is 10.6 Å². The summed E-state index contributed by atoms with van der Waals surface area (Å²) in [5, 5.41) is 6.07. The molecule has 2 rings (SSSR count). The number of aryl methyl sites for hydroxylation is 1. The maximum absolute atomic E-state index is 12.5. The SMILES string of the molecule is CCNc1ncc(Br)cc1C(=O)Nc1ccccc1CC. The van der Waals surface area contributed by atoms with Crippen molar-refractivity contribution < 1.29 is 4.79 Å². The van der Waals surface area contributed by atoms with E-state index < -0.39 is 0 Å². The summed E-state index contributed by atoms with van der Waals surface area (Å²) in [6.45, 7) is 4.74. The largest absolute Gasteiger partial charge is 0.370 e. The Morgan fingerprint density at radius 1 is 1.29 bits per heavy atom. The Bertz CT molecular complexity index is 643. The van der Waals surface area contributed by atoms with Crippen molar-refractivity contribution in [2.75, 3.05) is 17.2 Å². The number of anilines is 2. The highest BCUT2D eigenvalue weighted by Gasteiger charge is 2.14. The van der Waals surface area contributed by atoms with Gasteiger partial charge in [-0.25, -0.2) is 4.98 Å². The first-order chi connectivity index (χ1) is 10.2. The van der Waals surface area contributed by atoms with Crippen molar-refractivity contribution >= 4 is 33.3 Å². The van der Waals surface area contributed by atoms with Gasteiger partial charge in [0.15, 0.2) is 0 Å². The molecule has 110 valence electrons. The molecule has 0 saturated carbocycles. The van der Waals surface area contributed by atoms with Gasteiger partial charge in [-0.3, -0.25) is 4.79 Å². The molecule has 0 aliphatic heterocycles. The monoisotopic (exact) mass is 347 g/mol. The summed E-state index contributed by atoms with van der Waals surface area (Å²) in [5.74, 6) is 0.424. The van der Waals surface area contributed by atoms with Crippen LogP contribution in [0.1, 0.15) is 29.8 Å². The predicted molar refractivity (Wildman–Crippen MR) is 89.9 cm³/mol. The third-order valence-corrected chi connectivity index (χ3v) is 3.52. The van der Waals surface area contributed by atoms with Crippen molar-refractivity contribution in [3.63, 3.8) is 0 Å². The van der Waals surface area contributed by atoms with Crippen LogP contribution in [0.3, 0.4) is 0 Å². The fourth-order valence-electron chi connectivity index (χ4n) is 2.06. The molecule has 0 fully saturated rings. The molecule has 0 atom stereocenters. The van der Waals surface area contributed by atoms with Crippen LogP contribution in [0.4, 0.5) is 11.5 Å². The number of pyridine rings is 1. The summed E-state index contributed by atoms with van der Waals surface area (Å²) >= 11 is 3.36. The molecule has 21 heavy (non-hydrogen) atoms. The second-order valence-corrected chi connectivity index (χ2v) is 5.46. The van der Waals surface area contributed by atoms with E-state index in [-0.39, 0.29) is 5.91 Å². The molecule has 0 aliphatic carbocycles. The van der Waals surface area contributed by atoms with Gasteiger partial charge in [0.2, 0.25) is 0 Å². The Morgan fingerprint density at radius 3 is 2.76 bits per heavy atom. The minimum atomic E-state index is -0.166. The number of nitrogens with zero attached hydrogens (tertiary/aromatic N) is 1. The maximum atomic E-state index is 12.5. The molecule has 4 nitrogen and oxygen atoms in total. The molecule has 2 aromatic rings. The lowest BCUT2D eigenvalue weighted by atomic mass is 10.1. The Hall–Kier alpha value is -1.88. The lowest BCUT2D eigenvalue weighted by Crippen LogP contribution is -2.16. The molecule has 0 unspecified atom stereocenters. The molecule has 2 N–H and O–H groups in total. The number of para-hydroxylation sites is 1. The van der Waals surface area contributed by atoms with Gasteiger partial charge in [0, 0.05) is 22.9 Å². The number of hydrogen-bond donors (Lipinski definition) is 2. The Labute approximate surface area is 133 Å². The van der Waals surface area contributed by atoms with Crippen LogP contribution in [0.5, 0.6) is 0 Å². The molecule has 0 radical (unpaired) electrons. The zero-order valence-electron chi connectivity index (χ0n) is 12.1. The van der Waals surface area contributed by atoms with Crippen molar-refractivity contribution in [2.45, 2.75) is 20.3 Å². The molecule has 1 aromatic carbocycles. The third kappa shape index (κ3) is 3.82. The Balaban J connectivity index is 2.29. The van der Waals surface area contributed by atoms with E-state index in [1.807, 2.05) is 31.2 Å². The fraction of sp³-hybridized carbons (Fsp3) is 0.250. The van der Waals surface area contributed by atoms with Gasteiger partial charge in [-0.2, -0.15) is 0 Å². The summed E-state index contributed by atoms with van der Waals surface area (Å²) in [6.07, 6.45) is 2.54. The first kappa shape index (κ1) is 15.5. The van der Waals surface area contributed by atoms with E-state index in [1.54, 1.807) is 12.3 Å². The van der Waals surface area contributed by atoms with Crippen LogP contribution in [-0.4, -0.2) is 17.4 Å². The smallest absolute Gasteiger partial charge is 0.259 e. The molecule has 1 heterocycles. The third-order valence-electron chi connectivity index (χ3n) is 3.09. The van der Waals surface area contributed by atoms with E-state index in [2.05, 4.69) is 38.5 Å². The predicted octanol–water partition coefficient (Wildman–Crippen LogP) is 4.09. The minimum Gasteiger partial charge on any atom is -0.370 e. The van der Waals surface area contributed by atoms with Crippen LogP contribution < -0.4 is 10.6 Å². The number of hydrogen-bond acceptors (Lipinski definition) is 3. The van der Waals surface area contributed by atoms with Gasteiger partial charge >= 0.3 is 0 Å². The molecule has 0 aliphatic rings. The second kappa shape index (κ2) is 7.22. The number of halogens is 1. The molecular weight excluding hydrogens is 330 g/mol. The summed E-state index contributed by atoms with van der Waals surface area (Å²) in [4.78, 5) is 16.8. The van der Waals surface area contributed by atoms with Gasteiger partial charge in [-0.1, -0.05) is 25.1 Å². The number of aromatic nitrogens is 1. The van der Waals surface area contributed by atoms with E-state index in [1.165, 1.54) is 0 Å². The van der Waals surface area contributed by atoms with E-state index >= 15 is 0 Å². The van der Waals surface area contributed by atoms with Gasteiger partial charge in [-0.15, -0.1) is 0 Å². The second-order valence-electron chi connectivity index (χ2n) is 4.54. The number of carbonyl (C=O) groups is 1. The fourth-order valence-corrected chi connectivity index (χ4v) is 2.39. The molecule has 1 amide bonds. The first-order valence-corrected chi connectivity index (χ1v) is 7.73. The van der Waals surface area contributed by atoms with E-state index in [0.717, 1.165) is 22.1 Å². The van der Waals surface area contributed by atoms with Crippen LogP contribution in [0.15, 0.2) is 41.0 Å². The van der Waals surface area contributed by atoms with Crippen LogP contribution in [0.2, 0.25) is 0 Å². The number of rotatable bonds is 5. The normalized spacial score (nSPS) is 10.2. The van der Waals surface area contributed by atoms with Crippen molar-refractivity contribution in [1.29, 1.82) is 0 Å². The van der Waals surface area contributed by atoms with Crippen LogP contribution in [0, 0.1) is 0 Å². The van der Waals surface area contributed by atoms with Crippen molar-refractivity contribution in [3.05, 3.63) is 52.1 Å². The quantitative estimate of drug-likeness (QED) is 0.856. The summed E-state index contributed by atoms with van der Waals surface area (Å²) in [6, 6.07) is 9.59. The van der Waals surface area contributed by atoms with Crippen molar-refractivity contribution in [3.8, 4) is 0 Å². The topological polar surface area (TPSA) is 54.0 Å². The number of amides is 1. The molecule has 0 saturated heterocycles. The molecular formula is C16H18BrN3O. The van der Waals surface area contributed by atoms with E-state index in [9.17, 15) is 4.79 Å². The zero-order chi connectivity index (χ0) is 15.2. The molecule has 0 bridgehead atoms. The standard InChI is InChI=1S/C16H18BrN3O/c1-3-11-7-5-6-8-14(11)20-16(21)13-9-12(17)10-19-15(13)18-4-2/h5-10H,3-4H2,1-2H3,(H,18,19)(H,20,21). The highest BCUT2D eigenvalue weighted by atomic mass is 79.9. The summed E-state index contributed by atoms with van der Waals surface area (Å²) in [5.41, 5.74) is 2.48. The average Bonchev–Trinajstić information content (AvgIpc) is 2.49. The summed E-state index contributed by atoms with van der Waals surface area (Å²) < 4.78 is 0.776. The maximum Gasteiger partial charge on any atom is 0.259 e. The Morgan fingerprint density at radius 2 is 2.05 bits per heavy atom.